The average molecular weight is 226 g/mol. The summed E-state index contributed by atoms with van der Waals surface area (Å²) in [6.45, 7) is 0.492. The highest BCUT2D eigenvalue weighted by Crippen LogP contribution is 2.38. The van der Waals surface area contributed by atoms with E-state index in [1.807, 2.05) is 18.2 Å². The molecule has 0 saturated carbocycles. The first-order valence-corrected chi connectivity index (χ1v) is 6.72. The molecule has 82 valence electrons. The summed E-state index contributed by atoms with van der Waals surface area (Å²) >= 11 is 0. The van der Waals surface area contributed by atoms with Crippen LogP contribution >= 0.6 is 0 Å². The van der Waals surface area contributed by atoms with Gasteiger partial charge in [0.1, 0.15) is 0 Å². The number of rotatable bonds is 3. The van der Waals surface area contributed by atoms with Crippen molar-refractivity contribution in [3.05, 3.63) is 30.1 Å². The molecule has 2 N–H and O–H groups in total. The van der Waals surface area contributed by atoms with Crippen molar-refractivity contribution in [3.8, 4) is 0 Å². The van der Waals surface area contributed by atoms with Crippen molar-refractivity contribution in [2.24, 2.45) is 5.73 Å². The molecule has 0 atom stereocenters. The Kier molecular flexibility index (Phi) is 2.52. The van der Waals surface area contributed by atoms with E-state index in [1.165, 1.54) is 0 Å². The zero-order valence-electron chi connectivity index (χ0n) is 8.39. The molecule has 0 aromatic carbocycles. The normalized spacial score (nSPS) is 21.9. The van der Waals surface area contributed by atoms with Crippen LogP contribution in [-0.4, -0.2) is 31.5 Å². The number of hydrogen-bond donors (Lipinski definition) is 1. The first-order valence-electron chi connectivity index (χ1n) is 4.90. The van der Waals surface area contributed by atoms with Gasteiger partial charge in [-0.25, -0.2) is 8.42 Å². The van der Waals surface area contributed by atoms with E-state index in [2.05, 4.69) is 4.98 Å². The molecule has 1 aromatic heterocycles. The third kappa shape index (κ3) is 1.89. The maximum atomic E-state index is 11.3. The van der Waals surface area contributed by atoms with Gasteiger partial charge in [0.2, 0.25) is 0 Å². The minimum atomic E-state index is -2.85. The highest BCUT2D eigenvalue weighted by atomic mass is 32.2. The Balaban J connectivity index is 2.30. The van der Waals surface area contributed by atoms with Gasteiger partial charge in [-0.05, 0) is 25.1 Å². The monoisotopic (exact) mass is 226 g/mol. The van der Waals surface area contributed by atoms with Gasteiger partial charge in [0.15, 0.2) is 9.84 Å². The first kappa shape index (κ1) is 10.6. The lowest BCUT2D eigenvalue weighted by Crippen LogP contribution is -2.53. The summed E-state index contributed by atoms with van der Waals surface area (Å²) in [6.07, 6.45) is 2.38. The summed E-state index contributed by atoms with van der Waals surface area (Å²) in [6, 6.07) is 5.59. The molecule has 2 heterocycles. The molecule has 0 unspecified atom stereocenters. The Labute approximate surface area is 89.4 Å². The van der Waals surface area contributed by atoms with E-state index in [0.29, 0.717) is 13.0 Å². The maximum absolute atomic E-state index is 11.3. The van der Waals surface area contributed by atoms with E-state index in [4.69, 9.17) is 5.73 Å². The van der Waals surface area contributed by atoms with Crippen LogP contribution in [0, 0.1) is 0 Å². The Hall–Kier alpha value is -0.940. The quantitative estimate of drug-likeness (QED) is 0.793. The fraction of sp³-hybridized carbons (Fsp3) is 0.500. The summed E-state index contributed by atoms with van der Waals surface area (Å²) in [7, 11) is -2.85. The fourth-order valence-electron chi connectivity index (χ4n) is 2.17. The summed E-state index contributed by atoms with van der Waals surface area (Å²) < 4.78 is 22.6. The van der Waals surface area contributed by atoms with E-state index in [-0.39, 0.29) is 16.9 Å². The molecule has 1 fully saturated rings. The van der Waals surface area contributed by atoms with Gasteiger partial charge in [-0.2, -0.15) is 0 Å². The van der Waals surface area contributed by atoms with Crippen LogP contribution in [0.15, 0.2) is 24.4 Å². The topological polar surface area (TPSA) is 73.0 Å². The Morgan fingerprint density at radius 3 is 2.60 bits per heavy atom. The Morgan fingerprint density at radius 2 is 2.13 bits per heavy atom. The van der Waals surface area contributed by atoms with Gasteiger partial charge in [-0.3, -0.25) is 4.98 Å². The van der Waals surface area contributed by atoms with E-state index in [9.17, 15) is 8.42 Å². The smallest absolute Gasteiger partial charge is 0.152 e. The molecule has 15 heavy (non-hydrogen) atoms. The minimum Gasteiger partial charge on any atom is -0.330 e. The molecule has 1 aromatic rings. The lowest BCUT2D eigenvalue weighted by atomic mass is 9.84. The van der Waals surface area contributed by atoms with Crippen LogP contribution in [0.5, 0.6) is 0 Å². The summed E-state index contributed by atoms with van der Waals surface area (Å²) in [4.78, 5) is 4.24. The molecule has 1 aliphatic heterocycles. The molecule has 2 rings (SSSR count). The fourth-order valence-corrected chi connectivity index (χ4v) is 4.36. The molecular weight excluding hydrogens is 212 g/mol. The number of aromatic nitrogens is 1. The minimum absolute atomic E-state index is 0.189. The Bertz CT molecular complexity index is 430. The molecule has 0 amide bonds. The predicted octanol–water partition coefficient (Wildman–Crippen LogP) is 0.0966. The van der Waals surface area contributed by atoms with Crippen molar-refractivity contribution in [2.45, 2.75) is 11.8 Å². The molecule has 4 nitrogen and oxygen atoms in total. The van der Waals surface area contributed by atoms with Gasteiger partial charge in [-0.15, -0.1) is 0 Å². The highest BCUT2D eigenvalue weighted by Gasteiger charge is 2.49. The van der Waals surface area contributed by atoms with Crippen LogP contribution in [0.1, 0.15) is 12.1 Å². The molecule has 5 heteroatoms. The molecule has 1 aliphatic rings. The summed E-state index contributed by atoms with van der Waals surface area (Å²) in [5.74, 6) is 0.377. The molecular formula is C10H14N2O2S. The van der Waals surface area contributed by atoms with Gasteiger partial charge in [0, 0.05) is 17.3 Å². The SMILES string of the molecule is NCCC1(c2ccccn2)CS(=O)(=O)C1. The van der Waals surface area contributed by atoms with Crippen LogP contribution in [0.3, 0.4) is 0 Å². The van der Waals surface area contributed by atoms with Gasteiger partial charge in [-0.1, -0.05) is 6.07 Å². The number of pyridine rings is 1. The van der Waals surface area contributed by atoms with Gasteiger partial charge >= 0.3 is 0 Å². The van der Waals surface area contributed by atoms with Crippen LogP contribution in [0.2, 0.25) is 0 Å². The van der Waals surface area contributed by atoms with Crippen molar-refractivity contribution in [3.63, 3.8) is 0 Å². The van der Waals surface area contributed by atoms with Gasteiger partial charge in [0.25, 0.3) is 0 Å². The molecule has 0 bridgehead atoms. The van der Waals surface area contributed by atoms with Crippen LogP contribution in [0.25, 0.3) is 0 Å². The summed E-state index contributed by atoms with van der Waals surface area (Å²) in [5, 5.41) is 0. The van der Waals surface area contributed by atoms with E-state index in [0.717, 1.165) is 5.69 Å². The first-order chi connectivity index (χ1) is 7.08. The second-order valence-electron chi connectivity index (χ2n) is 4.07. The molecule has 0 radical (unpaired) electrons. The van der Waals surface area contributed by atoms with Gasteiger partial charge < -0.3 is 5.73 Å². The van der Waals surface area contributed by atoms with Crippen LogP contribution < -0.4 is 5.73 Å². The maximum Gasteiger partial charge on any atom is 0.152 e. The van der Waals surface area contributed by atoms with E-state index < -0.39 is 9.84 Å². The van der Waals surface area contributed by atoms with Crippen molar-refractivity contribution in [1.29, 1.82) is 0 Å². The second kappa shape index (κ2) is 3.57. The number of nitrogens with zero attached hydrogens (tertiary/aromatic N) is 1. The van der Waals surface area contributed by atoms with E-state index in [1.54, 1.807) is 6.20 Å². The van der Waals surface area contributed by atoms with E-state index >= 15 is 0 Å². The third-order valence-corrected chi connectivity index (χ3v) is 4.81. The van der Waals surface area contributed by atoms with Crippen molar-refractivity contribution in [2.75, 3.05) is 18.1 Å². The summed E-state index contributed by atoms with van der Waals surface area (Å²) in [5.41, 5.74) is 6.05. The third-order valence-electron chi connectivity index (χ3n) is 2.82. The second-order valence-corrected chi connectivity index (χ2v) is 6.13. The molecule has 0 spiro atoms. The standard InChI is InChI=1S/C10H14N2O2S/c11-5-4-10(7-15(13,14)8-10)9-3-1-2-6-12-9/h1-3,6H,4-5,7-8,11H2. The van der Waals surface area contributed by atoms with Crippen molar-refractivity contribution in [1.82, 2.24) is 4.98 Å². The van der Waals surface area contributed by atoms with Gasteiger partial charge in [0.05, 0.1) is 11.5 Å². The van der Waals surface area contributed by atoms with Crippen LogP contribution in [-0.2, 0) is 15.3 Å². The van der Waals surface area contributed by atoms with Crippen molar-refractivity contribution < 1.29 is 8.42 Å². The zero-order chi connectivity index (χ0) is 10.9. The number of sulfone groups is 1. The van der Waals surface area contributed by atoms with Crippen LogP contribution in [0.4, 0.5) is 0 Å². The van der Waals surface area contributed by atoms with Crippen molar-refractivity contribution >= 4 is 9.84 Å². The predicted molar refractivity (Wildman–Crippen MR) is 58.2 cm³/mol. The highest BCUT2D eigenvalue weighted by molar-refractivity contribution is 7.93. The lowest BCUT2D eigenvalue weighted by molar-refractivity contribution is 0.423. The zero-order valence-corrected chi connectivity index (χ0v) is 9.20. The molecule has 0 aliphatic carbocycles. The Morgan fingerprint density at radius 1 is 1.40 bits per heavy atom. The average Bonchev–Trinajstić information content (AvgIpc) is 2.16. The number of hydrogen-bond acceptors (Lipinski definition) is 4. The largest absolute Gasteiger partial charge is 0.330 e. The number of nitrogens with two attached hydrogens (primary N) is 1. The molecule has 1 saturated heterocycles. The lowest BCUT2D eigenvalue weighted by Gasteiger charge is -2.40.